The van der Waals surface area contributed by atoms with E-state index >= 15 is 0 Å². The lowest BCUT2D eigenvalue weighted by Gasteiger charge is -2.42. The van der Waals surface area contributed by atoms with E-state index in [9.17, 15) is 0 Å². The van der Waals surface area contributed by atoms with Crippen LogP contribution in [0.5, 0.6) is 0 Å². The van der Waals surface area contributed by atoms with Crippen molar-refractivity contribution in [2.45, 2.75) is 83.5 Å². The standard InChI is InChI=1S/C27H40N2/c1-3-5-7-21(6-4-2)20-22-16-18-27(19-17-22,23-8-12-25(28)13-9-23)24-10-14-26(29)15-11-24/h8-15,21-22H,3-7,16-20,28-29H2,1-2H3. The lowest BCUT2D eigenvalue weighted by Crippen LogP contribution is -2.33. The highest BCUT2D eigenvalue weighted by molar-refractivity contribution is 5.49. The minimum absolute atomic E-state index is 0.0988. The van der Waals surface area contributed by atoms with Crippen LogP contribution < -0.4 is 11.5 Å². The third-order valence-corrected chi connectivity index (χ3v) is 7.21. The van der Waals surface area contributed by atoms with Crippen LogP contribution in [0.1, 0.15) is 89.2 Å². The number of nitrogen functional groups attached to an aromatic ring is 2. The molecule has 0 radical (unpaired) electrons. The van der Waals surface area contributed by atoms with E-state index in [1.165, 1.54) is 75.3 Å². The Morgan fingerprint density at radius 2 is 1.31 bits per heavy atom. The molecule has 1 aliphatic carbocycles. The van der Waals surface area contributed by atoms with Gasteiger partial charge in [-0.3, -0.25) is 0 Å². The van der Waals surface area contributed by atoms with Gasteiger partial charge in [0.05, 0.1) is 0 Å². The molecule has 0 saturated heterocycles. The van der Waals surface area contributed by atoms with E-state index in [2.05, 4.69) is 62.4 Å². The van der Waals surface area contributed by atoms with Gasteiger partial charge in [-0.1, -0.05) is 70.2 Å². The van der Waals surface area contributed by atoms with Crippen LogP contribution in [0.25, 0.3) is 0 Å². The minimum Gasteiger partial charge on any atom is -0.399 e. The molecule has 2 nitrogen and oxygen atoms in total. The van der Waals surface area contributed by atoms with E-state index in [-0.39, 0.29) is 5.41 Å². The Morgan fingerprint density at radius 3 is 1.76 bits per heavy atom. The highest BCUT2D eigenvalue weighted by Gasteiger charge is 2.38. The van der Waals surface area contributed by atoms with Crippen LogP contribution in [-0.4, -0.2) is 0 Å². The van der Waals surface area contributed by atoms with E-state index in [1.807, 2.05) is 0 Å². The predicted octanol–water partition coefficient (Wildman–Crippen LogP) is 7.32. The molecule has 2 aromatic carbocycles. The topological polar surface area (TPSA) is 52.0 Å². The molecule has 1 unspecified atom stereocenters. The highest BCUT2D eigenvalue weighted by atomic mass is 14.5. The molecule has 2 aromatic rings. The summed E-state index contributed by atoms with van der Waals surface area (Å²) in [6, 6.07) is 17.2. The molecule has 1 aliphatic rings. The third kappa shape index (κ3) is 5.35. The van der Waals surface area contributed by atoms with Crippen LogP contribution in [0.4, 0.5) is 11.4 Å². The number of unbranched alkanes of at least 4 members (excludes halogenated alkanes) is 1. The quantitative estimate of drug-likeness (QED) is 0.439. The van der Waals surface area contributed by atoms with E-state index in [1.54, 1.807) is 0 Å². The molecule has 29 heavy (non-hydrogen) atoms. The summed E-state index contributed by atoms with van der Waals surface area (Å²) >= 11 is 0. The molecule has 0 spiro atoms. The first-order chi connectivity index (χ1) is 14.1. The fourth-order valence-electron chi connectivity index (χ4n) is 5.51. The van der Waals surface area contributed by atoms with Crippen molar-refractivity contribution in [2.75, 3.05) is 11.5 Å². The van der Waals surface area contributed by atoms with Crippen molar-refractivity contribution < 1.29 is 0 Å². The molecule has 3 rings (SSSR count). The number of hydrogen-bond acceptors (Lipinski definition) is 2. The maximum Gasteiger partial charge on any atom is 0.0314 e. The van der Waals surface area contributed by atoms with Gasteiger partial charge in [-0.15, -0.1) is 0 Å². The fourth-order valence-corrected chi connectivity index (χ4v) is 5.51. The summed E-state index contributed by atoms with van der Waals surface area (Å²) < 4.78 is 0. The molecular formula is C27H40N2. The van der Waals surface area contributed by atoms with E-state index in [0.717, 1.165) is 23.2 Å². The lowest BCUT2D eigenvalue weighted by molar-refractivity contribution is 0.218. The molecule has 0 aromatic heterocycles. The molecule has 0 amide bonds. The van der Waals surface area contributed by atoms with Gasteiger partial charge in [0.25, 0.3) is 0 Å². The summed E-state index contributed by atoms with van der Waals surface area (Å²) in [4.78, 5) is 0. The van der Waals surface area contributed by atoms with Crippen molar-refractivity contribution >= 4 is 11.4 Å². The Hall–Kier alpha value is -1.96. The van der Waals surface area contributed by atoms with Crippen LogP contribution in [0.15, 0.2) is 48.5 Å². The van der Waals surface area contributed by atoms with Crippen molar-refractivity contribution in [3.63, 3.8) is 0 Å². The molecule has 2 heteroatoms. The largest absolute Gasteiger partial charge is 0.399 e. The van der Waals surface area contributed by atoms with Crippen LogP contribution >= 0.6 is 0 Å². The van der Waals surface area contributed by atoms with Gasteiger partial charge in [-0.2, -0.15) is 0 Å². The maximum absolute atomic E-state index is 5.99. The van der Waals surface area contributed by atoms with Crippen molar-refractivity contribution in [1.29, 1.82) is 0 Å². The van der Waals surface area contributed by atoms with E-state index < -0.39 is 0 Å². The predicted molar refractivity (Wildman–Crippen MR) is 127 cm³/mol. The number of rotatable bonds is 9. The van der Waals surface area contributed by atoms with E-state index in [4.69, 9.17) is 11.5 Å². The summed E-state index contributed by atoms with van der Waals surface area (Å²) in [5, 5.41) is 0. The number of benzene rings is 2. The average Bonchev–Trinajstić information content (AvgIpc) is 2.74. The summed E-state index contributed by atoms with van der Waals surface area (Å²) in [5.74, 6) is 1.80. The van der Waals surface area contributed by atoms with Gasteiger partial charge < -0.3 is 11.5 Å². The maximum atomic E-state index is 5.99. The van der Waals surface area contributed by atoms with Crippen LogP contribution in [0.2, 0.25) is 0 Å². The first-order valence-electron chi connectivity index (χ1n) is 11.8. The van der Waals surface area contributed by atoms with Crippen molar-refractivity contribution in [3.8, 4) is 0 Å². The van der Waals surface area contributed by atoms with Crippen LogP contribution in [0.3, 0.4) is 0 Å². The molecule has 0 aliphatic heterocycles. The number of nitrogens with two attached hydrogens (primary N) is 2. The zero-order chi connectivity index (χ0) is 20.7. The van der Waals surface area contributed by atoms with Gasteiger partial charge >= 0.3 is 0 Å². The second-order valence-electron chi connectivity index (χ2n) is 9.30. The van der Waals surface area contributed by atoms with Gasteiger partial charge in [-0.25, -0.2) is 0 Å². The third-order valence-electron chi connectivity index (χ3n) is 7.21. The fraction of sp³-hybridized carbons (Fsp3) is 0.556. The molecule has 1 atom stereocenters. The Labute approximate surface area is 178 Å². The zero-order valence-electron chi connectivity index (χ0n) is 18.5. The van der Waals surface area contributed by atoms with Gasteiger partial charge in [0.15, 0.2) is 0 Å². The van der Waals surface area contributed by atoms with Crippen molar-refractivity contribution in [2.24, 2.45) is 11.8 Å². The Morgan fingerprint density at radius 1 is 0.793 bits per heavy atom. The van der Waals surface area contributed by atoms with Crippen molar-refractivity contribution in [1.82, 2.24) is 0 Å². The smallest absolute Gasteiger partial charge is 0.0314 e. The number of hydrogen-bond donors (Lipinski definition) is 2. The molecule has 1 saturated carbocycles. The Balaban J connectivity index is 1.77. The normalized spacial score (nSPS) is 17.9. The number of anilines is 2. The molecule has 1 fully saturated rings. The summed E-state index contributed by atoms with van der Waals surface area (Å²) in [5.41, 5.74) is 16.6. The summed E-state index contributed by atoms with van der Waals surface area (Å²) in [6.45, 7) is 4.66. The molecule has 158 valence electrons. The van der Waals surface area contributed by atoms with Gasteiger partial charge in [0.1, 0.15) is 0 Å². The first kappa shape index (κ1) is 21.7. The van der Waals surface area contributed by atoms with Gasteiger partial charge in [0.2, 0.25) is 0 Å². The summed E-state index contributed by atoms with van der Waals surface area (Å²) in [6.07, 6.45) is 13.4. The average molecular weight is 393 g/mol. The lowest BCUT2D eigenvalue weighted by atomic mass is 9.62. The zero-order valence-corrected chi connectivity index (χ0v) is 18.5. The Kier molecular flexibility index (Phi) is 7.64. The highest BCUT2D eigenvalue weighted by Crippen LogP contribution is 2.48. The second-order valence-corrected chi connectivity index (χ2v) is 9.30. The first-order valence-corrected chi connectivity index (χ1v) is 11.8. The molecule has 4 N–H and O–H groups in total. The molecular weight excluding hydrogens is 352 g/mol. The molecule has 0 bridgehead atoms. The summed E-state index contributed by atoms with van der Waals surface area (Å²) in [7, 11) is 0. The van der Waals surface area contributed by atoms with Crippen molar-refractivity contribution in [3.05, 3.63) is 59.7 Å². The SMILES string of the molecule is CCCCC(CCC)CC1CCC(c2ccc(N)cc2)(c2ccc(N)cc2)CC1. The van der Waals surface area contributed by atoms with Crippen LogP contribution in [-0.2, 0) is 5.41 Å². The van der Waals surface area contributed by atoms with Gasteiger partial charge in [0, 0.05) is 16.8 Å². The van der Waals surface area contributed by atoms with Crippen LogP contribution in [0, 0.1) is 11.8 Å². The second kappa shape index (κ2) is 10.2. The Bertz CT molecular complexity index is 677. The van der Waals surface area contributed by atoms with Gasteiger partial charge in [-0.05, 0) is 79.3 Å². The minimum atomic E-state index is 0.0988. The van der Waals surface area contributed by atoms with E-state index in [0.29, 0.717) is 0 Å². The monoisotopic (exact) mass is 392 g/mol. The molecule has 0 heterocycles.